The molecule has 0 fully saturated rings. The third kappa shape index (κ3) is 5.18. The van der Waals surface area contributed by atoms with Crippen molar-refractivity contribution in [1.82, 2.24) is 4.90 Å². The minimum atomic E-state index is -0.603. The lowest BCUT2D eigenvalue weighted by Crippen LogP contribution is -2.28. The van der Waals surface area contributed by atoms with Crippen LogP contribution >= 0.6 is 0 Å². The molecule has 6 heteroatoms. The van der Waals surface area contributed by atoms with Crippen LogP contribution in [-0.2, 0) is 20.8 Å². The molecule has 2 N–H and O–H groups in total. The fraction of sp³-hybridized carbons (Fsp3) is 0.478. The summed E-state index contributed by atoms with van der Waals surface area (Å²) in [5, 5.41) is 9.79. The normalized spacial score (nSPS) is 16.6. The first-order valence-corrected chi connectivity index (χ1v) is 10.2. The predicted molar refractivity (Wildman–Crippen MR) is 112 cm³/mol. The summed E-state index contributed by atoms with van der Waals surface area (Å²) in [4.78, 5) is 15.1. The Bertz CT molecular complexity index is 836. The molecule has 0 aromatic heterocycles. The van der Waals surface area contributed by atoms with Crippen molar-refractivity contribution in [1.29, 1.82) is 5.26 Å². The average molecular weight is 398 g/mol. The van der Waals surface area contributed by atoms with Crippen molar-refractivity contribution in [2.45, 2.75) is 53.0 Å². The number of nitrogens with zero attached hydrogens (tertiary/aromatic N) is 2. The summed E-state index contributed by atoms with van der Waals surface area (Å²) in [7, 11) is 0. The van der Waals surface area contributed by atoms with Gasteiger partial charge in [0.1, 0.15) is 17.4 Å². The number of unbranched alkanes of at least 4 members (excludes halogenated alkanes) is 1. The Labute approximate surface area is 173 Å². The van der Waals surface area contributed by atoms with E-state index in [0.29, 0.717) is 11.3 Å². The molecule has 0 amide bonds. The van der Waals surface area contributed by atoms with Crippen molar-refractivity contribution in [3.8, 4) is 6.07 Å². The molecule has 0 saturated heterocycles. The minimum absolute atomic E-state index is 0.0381. The number of carbonyl (C=O) groups is 1. The molecule has 0 aliphatic carbocycles. The van der Waals surface area contributed by atoms with Crippen molar-refractivity contribution < 1.29 is 14.3 Å². The van der Waals surface area contributed by atoms with E-state index in [1.165, 1.54) is 0 Å². The third-order valence-corrected chi connectivity index (χ3v) is 5.14. The van der Waals surface area contributed by atoms with Crippen molar-refractivity contribution in [2.24, 2.45) is 5.73 Å². The van der Waals surface area contributed by atoms with E-state index >= 15 is 0 Å². The summed E-state index contributed by atoms with van der Waals surface area (Å²) in [5.74, 6) is -0.675. The third-order valence-electron chi connectivity index (χ3n) is 5.14. The van der Waals surface area contributed by atoms with E-state index in [0.717, 1.165) is 43.6 Å². The predicted octanol–water partition coefficient (Wildman–Crippen LogP) is 3.95. The highest BCUT2D eigenvalue weighted by atomic mass is 16.5. The van der Waals surface area contributed by atoms with Gasteiger partial charge < -0.3 is 15.2 Å². The Kier molecular flexibility index (Phi) is 8.29. The van der Waals surface area contributed by atoms with E-state index < -0.39 is 11.9 Å². The molecule has 1 heterocycles. The second-order valence-corrected chi connectivity index (χ2v) is 7.04. The van der Waals surface area contributed by atoms with Crippen LogP contribution in [0.15, 0.2) is 47.1 Å². The van der Waals surface area contributed by atoms with E-state index in [1.54, 1.807) is 13.8 Å². The van der Waals surface area contributed by atoms with Crippen molar-refractivity contribution >= 4 is 5.97 Å². The lowest BCUT2D eigenvalue weighted by molar-refractivity contribution is -0.139. The van der Waals surface area contributed by atoms with E-state index in [2.05, 4.69) is 24.8 Å². The average Bonchev–Trinajstić information content (AvgIpc) is 2.71. The summed E-state index contributed by atoms with van der Waals surface area (Å²) < 4.78 is 10.8. The summed E-state index contributed by atoms with van der Waals surface area (Å²) in [6.45, 7) is 10.6. The van der Waals surface area contributed by atoms with Crippen molar-refractivity contribution in [2.75, 3.05) is 19.7 Å². The Hall–Kier alpha value is -2.78. The highest BCUT2D eigenvalue weighted by molar-refractivity contribution is 5.92. The second-order valence-electron chi connectivity index (χ2n) is 7.04. The van der Waals surface area contributed by atoms with Crippen LogP contribution in [0, 0.1) is 11.3 Å². The Morgan fingerprint density at radius 1 is 1.31 bits per heavy atom. The largest absolute Gasteiger partial charge is 0.463 e. The molecule has 0 bridgehead atoms. The first-order chi connectivity index (χ1) is 14.0. The maximum absolute atomic E-state index is 12.7. The highest BCUT2D eigenvalue weighted by Gasteiger charge is 2.37. The van der Waals surface area contributed by atoms with Gasteiger partial charge in [0.2, 0.25) is 5.88 Å². The number of rotatable bonds is 9. The van der Waals surface area contributed by atoms with Gasteiger partial charge in [-0.2, -0.15) is 5.26 Å². The maximum Gasteiger partial charge on any atom is 0.338 e. The van der Waals surface area contributed by atoms with Crippen LogP contribution in [0.1, 0.15) is 57.6 Å². The molecule has 1 aliphatic heterocycles. The van der Waals surface area contributed by atoms with Gasteiger partial charge in [-0.05, 0) is 44.5 Å². The molecular formula is C23H31N3O3. The van der Waals surface area contributed by atoms with Crippen molar-refractivity contribution in [3.05, 3.63) is 58.2 Å². The fourth-order valence-corrected chi connectivity index (χ4v) is 3.60. The zero-order chi connectivity index (χ0) is 21.4. The molecular weight excluding hydrogens is 366 g/mol. The lowest BCUT2D eigenvalue weighted by atomic mass is 9.81. The summed E-state index contributed by atoms with van der Waals surface area (Å²) in [6, 6.07) is 10.0. The van der Waals surface area contributed by atoms with Crippen LogP contribution in [-0.4, -0.2) is 30.6 Å². The Balaban J connectivity index is 2.54. The first kappa shape index (κ1) is 22.5. The molecule has 1 aromatic rings. The molecule has 0 saturated carbocycles. The zero-order valence-corrected chi connectivity index (χ0v) is 17.8. The van der Waals surface area contributed by atoms with Gasteiger partial charge in [0.15, 0.2) is 0 Å². The van der Waals surface area contributed by atoms with E-state index in [4.69, 9.17) is 15.2 Å². The molecule has 0 radical (unpaired) electrons. The molecule has 29 heavy (non-hydrogen) atoms. The SMILES string of the molecule is CCCCN(CC)Cc1ccccc1C1C(C#N)=C(N)OC(C)=C1C(=O)OCC. The van der Waals surface area contributed by atoms with Gasteiger partial charge in [-0.15, -0.1) is 0 Å². The second kappa shape index (κ2) is 10.7. The number of nitriles is 1. The van der Waals surface area contributed by atoms with Gasteiger partial charge in [0.25, 0.3) is 0 Å². The Morgan fingerprint density at radius 3 is 2.66 bits per heavy atom. The summed E-state index contributed by atoms with van der Waals surface area (Å²) in [5.41, 5.74) is 8.54. The summed E-state index contributed by atoms with van der Waals surface area (Å²) in [6.07, 6.45) is 2.25. The molecule has 2 rings (SSSR count). The molecule has 1 unspecified atom stereocenters. The minimum Gasteiger partial charge on any atom is -0.463 e. The number of allylic oxidation sites excluding steroid dienone is 2. The molecule has 1 atom stereocenters. The lowest BCUT2D eigenvalue weighted by Gasteiger charge is -2.29. The summed E-state index contributed by atoms with van der Waals surface area (Å²) >= 11 is 0. The molecule has 6 nitrogen and oxygen atoms in total. The fourth-order valence-electron chi connectivity index (χ4n) is 3.60. The zero-order valence-electron chi connectivity index (χ0n) is 17.8. The monoisotopic (exact) mass is 397 g/mol. The number of carbonyl (C=O) groups excluding carboxylic acids is 1. The topological polar surface area (TPSA) is 88.6 Å². The van der Waals surface area contributed by atoms with E-state index in [1.807, 2.05) is 24.3 Å². The van der Waals surface area contributed by atoms with Gasteiger partial charge in [0.05, 0.1) is 18.1 Å². The van der Waals surface area contributed by atoms with Gasteiger partial charge in [-0.1, -0.05) is 44.5 Å². The molecule has 1 aliphatic rings. The quantitative estimate of drug-likeness (QED) is 0.635. The maximum atomic E-state index is 12.7. The number of hydrogen-bond acceptors (Lipinski definition) is 6. The number of ether oxygens (including phenoxy) is 2. The molecule has 1 aromatic carbocycles. The van der Waals surface area contributed by atoms with Crippen molar-refractivity contribution in [3.63, 3.8) is 0 Å². The first-order valence-electron chi connectivity index (χ1n) is 10.2. The number of hydrogen-bond donors (Lipinski definition) is 1. The van der Waals surface area contributed by atoms with Crippen LogP contribution in [0.4, 0.5) is 0 Å². The molecule has 156 valence electrons. The Morgan fingerprint density at radius 2 is 2.03 bits per heavy atom. The number of benzene rings is 1. The van der Waals surface area contributed by atoms with Gasteiger partial charge in [-0.3, -0.25) is 4.90 Å². The van der Waals surface area contributed by atoms with Crippen LogP contribution in [0.3, 0.4) is 0 Å². The van der Waals surface area contributed by atoms with E-state index in [9.17, 15) is 10.1 Å². The van der Waals surface area contributed by atoms with Gasteiger partial charge in [0, 0.05) is 6.54 Å². The number of esters is 1. The number of nitrogens with two attached hydrogens (primary N) is 1. The van der Waals surface area contributed by atoms with Crippen LogP contribution in [0.5, 0.6) is 0 Å². The molecule has 0 spiro atoms. The highest BCUT2D eigenvalue weighted by Crippen LogP contribution is 2.41. The van der Waals surface area contributed by atoms with Gasteiger partial charge >= 0.3 is 5.97 Å². The van der Waals surface area contributed by atoms with Crippen LogP contribution in [0.25, 0.3) is 0 Å². The van der Waals surface area contributed by atoms with Gasteiger partial charge in [-0.25, -0.2) is 4.79 Å². The standard InChI is InChI=1S/C23H31N3O3/c1-5-8-13-26(6-2)15-17-11-9-10-12-18(17)21-19(14-24)22(25)29-16(4)20(21)23(27)28-7-3/h9-12,21H,5-8,13,15,25H2,1-4H3. The van der Waals surface area contributed by atoms with E-state index in [-0.39, 0.29) is 18.1 Å². The smallest absolute Gasteiger partial charge is 0.338 e. The van der Waals surface area contributed by atoms with Crippen LogP contribution < -0.4 is 5.73 Å². The van der Waals surface area contributed by atoms with Crippen LogP contribution in [0.2, 0.25) is 0 Å².